The number of nitrogens with zero attached hydrogens (tertiary/aromatic N) is 3. The minimum absolute atomic E-state index is 0.0280. The lowest BCUT2D eigenvalue weighted by molar-refractivity contribution is -0.119. The van der Waals surface area contributed by atoms with Gasteiger partial charge in [-0.25, -0.2) is 4.68 Å². The third kappa shape index (κ3) is 4.60. The Labute approximate surface area is 163 Å². The largest absolute Gasteiger partial charge is 0.353 e. The Morgan fingerprint density at radius 2 is 1.89 bits per heavy atom. The lowest BCUT2D eigenvalue weighted by Crippen LogP contribution is -2.37. The zero-order chi connectivity index (χ0) is 19.4. The minimum atomic E-state index is -0.0280. The predicted octanol–water partition coefficient (Wildman–Crippen LogP) is 2.99. The third-order valence-electron chi connectivity index (χ3n) is 4.68. The van der Waals surface area contributed by atoms with Crippen LogP contribution in [-0.4, -0.2) is 32.6 Å². The van der Waals surface area contributed by atoms with Crippen molar-refractivity contribution >= 4 is 28.4 Å². The number of hydrogen-bond acceptors (Lipinski definition) is 5. The molecule has 0 radical (unpaired) electrons. The monoisotopic (exact) mass is 383 g/mol. The standard InChI is InChI=1S/C20H25N5OS/c1-13(2)14(3)22-19(26)12-27-20-24-23-18(25(20)21)11-16-9-6-8-15-7-4-5-10-17(15)16/h4-10,13-14H,11-12,21H2,1-3H3,(H,22,26)/t14-/m0/s1. The second-order valence-electron chi connectivity index (χ2n) is 6.97. The van der Waals surface area contributed by atoms with Gasteiger partial charge in [0.15, 0.2) is 5.82 Å². The molecule has 3 rings (SSSR count). The molecule has 3 aromatic rings. The van der Waals surface area contributed by atoms with Crippen LogP contribution in [0.3, 0.4) is 0 Å². The molecule has 0 spiro atoms. The van der Waals surface area contributed by atoms with E-state index in [-0.39, 0.29) is 17.7 Å². The molecule has 1 amide bonds. The maximum Gasteiger partial charge on any atom is 0.230 e. The summed E-state index contributed by atoms with van der Waals surface area (Å²) in [5.74, 6) is 7.47. The van der Waals surface area contributed by atoms with Crippen LogP contribution in [0.4, 0.5) is 0 Å². The molecule has 0 aliphatic carbocycles. The van der Waals surface area contributed by atoms with Gasteiger partial charge in [0.1, 0.15) is 0 Å². The van der Waals surface area contributed by atoms with Crippen molar-refractivity contribution in [2.45, 2.75) is 38.4 Å². The summed E-state index contributed by atoms with van der Waals surface area (Å²) in [7, 11) is 0. The SMILES string of the molecule is CC(C)[C@H](C)NC(=O)CSc1nnc(Cc2cccc3ccccc23)n1N. The van der Waals surface area contributed by atoms with Crippen LogP contribution in [0.15, 0.2) is 47.6 Å². The number of carbonyl (C=O) groups excluding carboxylic acids is 1. The molecule has 0 saturated heterocycles. The molecule has 3 N–H and O–H groups in total. The number of nitrogens with one attached hydrogen (secondary N) is 1. The molecule has 1 heterocycles. The number of thioether (sulfide) groups is 1. The average molecular weight is 384 g/mol. The number of aromatic nitrogens is 3. The Kier molecular flexibility index (Phi) is 6.01. The minimum Gasteiger partial charge on any atom is -0.353 e. The topological polar surface area (TPSA) is 85.8 Å². The first-order valence-electron chi connectivity index (χ1n) is 9.04. The van der Waals surface area contributed by atoms with Crippen molar-refractivity contribution in [2.75, 3.05) is 11.6 Å². The van der Waals surface area contributed by atoms with Gasteiger partial charge in [-0.15, -0.1) is 10.2 Å². The highest BCUT2D eigenvalue weighted by Crippen LogP contribution is 2.22. The number of nitrogen functional groups attached to an aromatic ring is 1. The van der Waals surface area contributed by atoms with Crippen molar-refractivity contribution in [3.63, 3.8) is 0 Å². The summed E-state index contributed by atoms with van der Waals surface area (Å²) < 4.78 is 1.48. The maximum atomic E-state index is 12.1. The second kappa shape index (κ2) is 8.43. The molecular weight excluding hydrogens is 358 g/mol. The first-order valence-corrected chi connectivity index (χ1v) is 10.0. The van der Waals surface area contributed by atoms with Gasteiger partial charge in [0, 0.05) is 12.5 Å². The van der Waals surface area contributed by atoms with E-state index in [0.29, 0.717) is 23.3 Å². The van der Waals surface area contributed by atoms with Gasteiger partial charge in [-0.3, -0.25) is 4.79 Å². The zero-order valence-corrected chi connectivity index (χ0v) is 16.7. The Hall–Kier alpha value is -2.54. The summed E-state index contributed by atoms with van der Waals surface area (Å²) >= 11 is 1.30. The van der Waals surface area contributed by atoms with Crippen LogP contribution in [0.1, 0.15) is 32.2 Å². The number of fused-ring (bicyclic) bond motifs is 1. The molecule has 27 heavy (non-hydrogen) atoms. The molecule has 0 fully saturated rings. The first-order chi connectivity index (χ1) is 13.0. The molecule has 7 heteroatoms. The van der Waals surface area contributed by atoms with Crippen LogP contribution in [0, 0.1) is 5.92 Å². The quantitative estimate of drug-likeness (QED) is 0.484. The Balaban J connectivity index is 1.67. The molecule has 0 aliphatic rings. The zero-order valence-electron chi connectivity index (χ0n) is 15.8. The van der Waals surface area contributed by atoms with E-state index in [4.69, 9.17) is 5.84 Å². The van der Waals surface area contributed by atoms with Crippen molar-refractivity contribution in [3.05, 3.63) is 53.9 Å². The van der Waals surface area contributed by atoms with Crippen molar-refractivity contribution < 1.29 is 4.79 Å². The second-order valence-corrected chi connectivity index (χ2v) is 7.92. The predicted molar refractivity (Wildman–Crippen MR) is 110 cm³/mol. The average Bonchev–Trinajstić information content (AvgIpc) is 3.00. The van der Waals surface area contributed by atoms with Gasteiger partial charge in [-0.1, -0.05) is 68.1 Å². The summed E-state index contributed by atoms with van der Waals surface area (Å²) in [6, 6.07) is 14.6. The highest BCUT2D eigenvalue weighted by Gasteiger charge is 2.15. The van der Waals surface area contributed by atoms with Crippen LogP contribution in [0.2, 0.25) is 0 Å². The van der Waals surface area contributed by atoms with Gasteiger partial charge in [0.05, 0.1) is 5.75 Å². The fourth-order valence-corrected chi connectivity index (χ4v) is 3.42. The molecule has 0 saturated carbocycles. The van der Waals surface area contributed by atoms with E-state index in [1.165, 1.54) is 27.2 Å². The smallest absolute Gasteiger partial charge is 0.230 e. The van der Waals surface area contributed by atoms with Gasteiger partial charge in [0.2, 0.25) is 11.1 Å². The highest BCUT2D eigenvalue weighted by atomic mass is 32.2. The van der Waals surface area contributed by atoms with Crippen LogP contribution in [0.5, 0.6) is 0 Å². The number of benzene rings is 2. The third-order valence-corrected chi connectivity index (χ3v) is 5.63. The van der Waals surface area contributed by atoms with E-state index >= 15 is 0 Å². The van der Waals surface area contributed by atoms with Crippen LogP contribution >= 0.6 is 11.8 Å². The van der Waals surface area contributed by atoms with Crippen LogP contribution in [-0.2, 0) is 11.2 Å². The molecule has 6 nitrogen and oxygen atoms in total. The molecule has 142 valence electrons. The fraction of sp³-hybridized carbons (Fsp3) is 0.350. The van der Waals surface area contributed by atoms with Crippen LogP contribution in [0.25, 0.3) is 10.8 Å². The molecule has 0 bridgehead atoms. The molecular formula is C20H25N5OS. The van der Waals surface area contributed by atoms with E-state index < -0.39 is 0 Å². The van der Waals surface area contributed by atoms with E-state index in [9.17, 15) is 4.79 Å². The van der Waals surface area contributed by atoms with E-state index in [1.54, 1.807) is 0 Å². The highest BCUT2D eigenvalue weighted by molar-refractivity contribution is 7.99. The normalized spacial score (nSPS) is 12.4. The Morgan fingerprint density at radius 1 is 1.15 bits per heavy atom. The van der Waals surface area contributed by atoms with Gasteiger partial charge in [-0.2, -0.15) is 0 Å². The number of amides is 1. The van der Waals surface area contributed by atoms with Crippen LogP contribution < -0.4 is 11.2 Å². The van der Waals surface area contributed by atoms with Crippen molar-refractivity contribution in [1.82, 2.24) is 20.2 Å². The van der Waals surface area contributed by atoms with E-state index in [2.05, 4.69) is 53.6 Å². The fourth-order valence-electron chi connectivity index (χ4n) is 2.74. The number of rotatable bonds is 7. The molecule has 0 unspecified atom stereocenters. The number of nitrogens with two attached hydrogens (primary N) is 1. The first kappa shape index (κ1) is 19.2. The van der Waals surface area contributed by atoms with E-state index in [0.717, 1.165) is 5.56 Å². The number of carbonyl (C=O) groups is 1. The summed E-state index contributed by atoms with van der Waals surface area (Å²) in [5, 5.41) is 14.3. The van der Waals surface area contributed by atoms with E-state index in [1.807, 2.05) is 25.1 Å². The van der Waals surface area contributed by atoms with Crippen molar-refractivity contribution in [1.29, 1.82) is 0 Å². The molecule has 1 atom stereocenters. The number of hydrogen-bond donors (Lipinski definition) is 2. The lowest BCUT2D eigenvalue weighted by Gasteiger charge is -2.17. The lowest BCUT2D eigenvalue weighted by atomic mass is 10.0. The summed E-state index contributed by atoms with van der Waals surface area (Å²) in [6.45, 7) is 6.16. The Morgan fingerprint density at radius 3 is 2.67 bits per heavy atom. The molecule has 1 aromatic heterocycles. The summed E-state index contributed by atoms with van der Waals surface area (Å²) in [5.41, 5.74) is 1.15. The van der Waals surface area contributed by atoms with Crippen molar-refractivity contribution in [2.24, 2.45) is 5.92 Å². The summed E-state index contributed by atoms with van der Waals surface area (Å²) in [4.78, 5) is 12.1. The molecule has 0 aliphatic heterocycles. The van der Waals surface area contributed by atoms with Gasteiger partial charge in [-0.05, 0) is 29.2 Å². The molecule has 2 aromatic carbocycles. The van der Waals surface area contributed by atoms with Gasteiger partial charge >= 0.3 is 0 Å². The van der Waals surface area contributed by atoms with Gasteiger partial charge < -0.3 is 11.2 Å². The van der Waals surface area contributed by atoms with Gasteiger partial charge in [0.25, 0.3) is 0 Å². The summed E-state index contributed by atoms with van der Waals surface area (Å²) in [6.07, 6.45) is 0.585. The Bertz CT molecular complexity index is 932. The maximum absolute atomic E-state index is 12.1. The van der Waals surface area contributed by atoms with Crippen molar-refractivity contribution in [3.8, 4) is 0 Å².